The Morgan fingerprint density at radius 3 is 2.45 bits per heavy atom. The summed E-state index contributed by atoms with van der Waals surface area (Å²) < 4.78 is 47.5. The normalized spacial score (nSPS) is 29.3. The largest absolute Gasteiger partial charge is 0.419 e. The molecule has 0 radical (unpaired) electrons. The van der Waals surface area contributed by atoms with Gasteiger partial charge in [-0.3, -0.25) is 9.58 Å². The molecule has 2 aliphatic carbocycles. The van der Waals surface area contributed by atoms with E-state index in [4.69, 9.17) is 15.6 Å². The highest BCUT2D eigenvalue weighted by molar-refractivity contribution is 5.63. The van der Waals surface area contributed by atoms with Crippen molar-refractivity contribution in [1.29, 1.82) is 0 Å². The molecule has 2 N–H and O–H groups in total. The molecule has 4 fully saturated rings. The van der Waals surface area contributed by atoms with Gasteiger partial charge in [0.2, 0.25) is 0 Å². The van der Waals surface area contributed by atoms with Crippen LogP contribution in [0, 0.1) is 5.92 Å². The number of rotatable bonds is 4. The number of nitrogens with two attached hydrogens (primary N) is 1. The van der Waals surface area contributed by atoms with E-state index in [9.17, 15) is 13.2 Å². The number of pyridine rings is 1. The lowest BCUT2D eigenvalue weighted by atomic mass is 9.88. The van der Waals surface area contributed by atoms with Crippen LogP contribution < -0.4 is 5.73 Å². The summed E-state index contributed by atoms with van der Waals surface area (Å²) in [6.45, 7) is 2.75. The fourth-order valence-corrected chi connectivity index (χ4v) is 5.81. The first kappa shape index (κ1) is 19.5. The molecule has 0 spiro atoms. The minimum atomic E-state index is -4.54. The highest BCUT2D eigenvalue weighted by atomic mass is 19.4. The quantitative estimate of drug-likeness (QED) is 0.793. The Morgan fingerprint density at radius 2 is 1.87 bits per heavy atom. The number of hydrogen-bond donors (Lipinski definition) is 1. The van der Waals surface area contributed by atoms with Crippen molar-refractivity contribution in [2.75, 3.05) is 25.5 Å². The predicted octanol–water partition coefficient (Wildman–Crippen LogP) is 3.85. The van der Waals surface area contributed by atoms with Crippen LogP contribution in [-0.4, -0.2) is 51.5 Å². The SMILES string of the molecule is Nc1ncc(-c2cc([C@@H]3CC4CC3CN4C3COC3)n(C3CCC3)n2)cc1C(F)(F)F. The fourth-order valence-electron chi connectivity index (χ4n) is 5.81. The zero-order chi connectivity index (χ0) is 21.3. The highest BCUT2D eigenvalue weighted by Gasteiger charge is 2.49. The van der Waals surface area contributed by atoms with Crippen molar-refractivity contribution in [3.63, 3.8) is 0 Å². The maximum absolute atomic E-state index is 13.3. The van der Waals surface area contributed by atoms with Crippen LogP contribution in [0.3, 0.4) is 0 Å². The number of aromatic nitrogens is 3. The molecule has 2 aromatic rings. The smallest absolute Gasteiger partial charge is 0.383 e. The third-order valence-electron chi connectivity index (χ3n) is 7.76. The molecule has 2 bridgehead atoms. The molecule has 6 nitrogen and oxygen atoms in total. The Hall–Kier alpha value is -2.13. The topological polar surface area (TPSA) is 69.2 Å². The van der Waals surface area contributed by atoms with Gasteiger partial charge < -0.3 is 10.5 Å². The van der Waals surface area contributed by atoms with Crippen LogP contribution in [-0.2, 0) is 10.9 Å². The maximum Gasteiger partial charge on any atom is 0.419 e. The first-order valence-electron chi connectivity index (χ1n) is 11.1. The molecule has 2 aromatic heterocycles. The van der Waals surface area contributed by atoms with Gasteiger partial charge in [0.05, 0.1) is 36.6 Å². The van der Waals surface area contributed by atoms with Gasteiger partial charge in [0, 0.05) is 36.0 Å². The number of likely N-dealkylation sites (tertiary alicyclic amines) is 1. The van der Waals surface area contributed by atoms with Crippen LogP contribution in [0.15, 0.2) is 18.3 Å². The minimum Gasteiger partial charge on any atom is -0.383 e. The number of hydrogen-bond acceptors (Lipinski definition) is 5. The number of alkyl halides is 3. The Bertz CT molecular complexity index is 998. The summed E-state index contributed by atoms with van der Waals surface area (Å²) in [6.07, 6.45) is 2.48. The number of fused-ring (bicyclic) bond motifs is 2. The molecule has 4 aliphatic rings. The lowest BCUT2D eigenvalue weighted by Gasteiger charge is -2.41. The Labute approximate surface area is 178 Å². The monoisotopic (exact) mass is 433 g/mol. The molecule has 0 aromatic carbocycles. The lowest BCUT2D eigenvalue weighted by Crippen LogP contribution is -2.52. The van der Waals surface area contributed by atoms with Crippen molar-refractivity contribution in [3.8, 4) is 11.3 Å². The Balaban J connectivity index is 1.33. The molecular formula is C22H26F3N5O. The number of halogens is 3. The van der Waals surface area contributed by atoms with Crippen LogP contribution in [0.5, 0.6) is 0 Å². The van der Waals surface area contributed by atoms with E-state index in [0.717, 1.165) is 45.1 Å². The number of ether oxygens (including phenoxy) is 1. The number of piperidine rings is 1. The highest BCUT2D eigenvalue weighted by Crippen LogP contribution is 2.50. The Kier molecular flexibility index (Phi) is 4.37. The van der Waals surface area contributed by atoms with Gasteiger partial charge in [0.15, 0.2) is 0 Å². The molecule has 2 saturated heterocycles. The number of nitrogens with zero attached hydrogens (tertiary/aromatic N) is 4. The summed E-state index contributed by atoms with van der Waals surface area (Å²) in [5.74, 6) is 0.486. The van der Waals surface area contributed by atoms with Crippen LogP contribution >= 0.6 is 0 Å². The molecule has 0 amide bonds. The van der Waals surface area contributed by atoms with E-state index < -0.39 is 17.6 Å². The molecule has 9 heteroatoms. The van der Waals surface area contributed by atoms with Crippen molar-refractivity contribution in [3.05, 3.63) is 29.6 Å². The summed E-state index contributed by atoms with van der Waals surface area (Å²) in [5.41, 5.74) is 6.71. The van der Waals surface area contributed by atoms with Crippen LogP contribution in [0.1, 0.15) is 55.3 Å². The lowest BCUT2D eigenvalue weighted by molar-refractivity contribution is -0.137. The van der Waals surface area contributed by atoms with Gasteiger partial charge in [0.25, 0.3) is 0 Å². The van der Waals surface area contributed by atoms with Crippen molar-refractivity contribution in [1.82, 2.24) is 19.7 Å². The summed E-state index contributed by atoms with van der Waals surface area (Å²) >= 11 is 0. The van der Waals surface area contributed by atoms with E-state index in [0.29, 0.717) is 41.2 Å². The van der Waals surface area contributed by atoms with E-state index in [1.54, 1.807) is 0 Å². The van der Waals surface area contributed by atoms with E-state index in [1.807, 2.05) is 6.07 Å². The average molecular weight is 433 g/mol. The first-order valence-corrected chi connectivity index (χ1v) is 11.1. The summed E-state index contributed by atoms with van der Waals surface area (Å²) in [6, 6.07) is 4.58. The van der Waals surface area contributed by atoms with E-state index >= 15 is 0 Å². The van der Waals surface area contributed by atoms with Crippen molar-refractivity contribution in [2.45, 2.75) is 62.3 Å². The van der Waals surface area contributed by atoms with Crippen LogP contribution in [0.25, 0.3) is 11.3 Å². The average Bonchev–Trinajstić information content (AvgIpc) is 3.32. The van der Waals surface area contributed by atoms with Gasteiger partial charge in [0.1, 0.15) is 5.82 Å². The molecule has 2 saturated carbocycles. The van der Waals surface area contributed by atoms with Gasteiger partial charge >= 0.3 is 6.18 Å². The molecule has 6 rings (SSSR count). The fraction of sp³-hybridized carbons (Fsp3) is 0.636. The molecule has 3 atom stereocenters. The van der Waals surface area contributed by atoms with Gasteiger partial charge in [-0.2, -0.15) is 18.3 Å². The second-order valence-corrected chi connectivity index (χ2v) is 9.52. The van der Waals surface area contributed by atoms with E-state index in [2.05, 4.69) is 14.6 Å². The first-order chi connectivity index (χ1) is 14.9. The van der Waals surface area contributed by atoms with E-state index in [-0.39, 0.29) is 0 Å². The van der Waals surface area contributed by atoms with Crippen molar-refractivity contribution < 1.29 is 17.9 Å². The number of anilines is 1. The van der Waals surface area contributed by atoms with Crippen molar-refractivity contribution in [2.24, 2.45) is 5.92 Å². The van der Waals surface area contributed by atoms with Crippen molar-refractivity contribution >= 4 is 5.82 Å². The Morgan fingerprint density at radius 1 is 1.06 bits per heavy atom. The van der Waals surface area contributed by atoms with Gasteiger partial charge in [-0.25, -0.2) is 4.98 Å². The molecule has 2 unspecified atom stereocenters. The zero-order valence-corrected chi connectivity index (χ0v) is 17.2. The minimum absolute atomic E-state index is 0.350. The molecule has 31 heavy (non-hydrogen) atoms. The van der Waals surface area contributed by atoms with Gasteiger partial charge in [-0.05, 0) is 50.2 Å². The summed E-state index contributed by atoms with van der Waals surface area (Å²) in [4.78, 5) is 6.42. The molecule has 166 valence electrons. The third-order valence-corrected chi connectivity index (χ3v) is 7.76. The molecule has 4 heterocycles. The summed E-state index contributed by atoms with van der Waals surface area (Å²) in [5, 5.41) is 4.80. The number of nitrogen functional groups attached to an aromatic ring is 1. The van der Waals surface area contributed by atoms with Gasteiger partial charge in [-0.15, -0.1) is 0 Å². The standard InChI is InChI=1S/C22H26F3N5O/c23-22(24,25)18-5-12(8-27-21(18)26)19-7-20(30(28-19)14-2-1-3-14)17-6-15-4-13(17)9-29(15)16-10-31-11-16/h5,7-8,13-17H,1-4,6,9-11H2,(H2,26,27)/t13?,15?,17-/m1/s1. The van der Waals surface area contributed by atoms with E-state index in [1.165, 1.54) is 24.7 Å². The maximum atomic E-state index is 13.3. The third kappa shape index (κ3) is 3.16. The second kappa shape index (κ2) is 6.93. The van der Waals surface area contributed by atoms with Gasteiger partial charge in [-0.1, -0.05) is 0 Å². The predicted molar refractivity (Wildman–Crippen MR) is 108 cm³/mol. The molecular weight excluding hydrogens is 407 g/mol. The van der Waals surface area contributed by atoms with Crippen LogP contribution in [0.4, 0.5) is 19.0 Å². The second-order valence-electron chi connectivity index (χ2n) is 9.52. The summed E-state index contributed by atoms with van der Waals surface area (Å²) in [7, 11) is 0. The zero-order valence-electron chi connectivity index (χ0n) is 17.2. The molecule has 2 aliphatic heterocycles. The van der Waals surface area contributed by atoms with Crippen LogP contribution in [0.2, 0.25) is 0 Å².